The Morgan fingerprint density at radius 2 is 1.62 bits per heavy atom. The standard InChI is InChI=1S/C19H31NO10S.K/c1-6-14(4)9-26-10-15(11-29-31(24)25)30-18(23)20-19(5,12-27-16(21)7-2)13-28-17(22)8-3;/h7-8,14-15H,2-3,6,9-13H2,1,4-5H3,(H,20,23)(H,24,25);/q;+1/p-1. The predicted octanol–water partition coefficient (Wildman–Crippen LogP) is -1.82. The fourth-order valence-electron chi connectivity index (χ4n) is 1.89. The summed E-state index contributed by atoms with van der Waals surface area (Å²) in [6.45, 7) is 11.0. The van der Waals surface area contributed by atoms with Crippen molar-refractivity contribution in [1.82, 2.24) is 5.32 Å². The molecule has 0 fully saturated rings. The van der Waals surface area contributed by atoms with Gasteiger partial charge in [-0.3, -0.25) is 4.18 Å². The zero-order valence-electron chi connectivity index (χ0n) is 19.0. The van der Waals surface area contributed by atoms with Gasteiger partial charge in [-0.2, -0.15) is 0 Å². The number of hydrogen-bond acceptors (Lipinski definition) is 10. The summed E-state index contributed by atoms with van der Waals surface area (Å²) in [4.78, 5) is 35.1. The zero-order valence-corrected chi connectivity index (χ0v) is 22.9. The Morgan fingerprint density at radius 1 is 1.09 bits per heavy atom. The van der Waals surface area contributed by atoms with Gasteiger partial charge in [-0.05, 0) is 12.8 Å². The van der Waals surface area contributed by atoms with Gasteiger partial charge in [0.15, 0.2) is 6.10 Å². The Bertz CT molecular complexity index is 622. The summed E-state index contributed by atoms with van der Waals surface area (Å²) in [5, 5.41) is 2.43. The van der Waals surface area contributed by atoms with Crippen LogP contribution in [-0.4, -0.2) is 71.5 Å². The van der Waals surface area contributed by atoms with Gasteiger partial charge in [0.05, 0.1) is 18.0 Å². The van der Waals surface area contributed by atoms with Crippen LogP contribution in [0.1, 0.15) is 27.2 Å². The number of esters is 2. The van der Waals surface area contributed by atoms with E-state index in [0.29, 0.717) is 6.61 Å². The molecule has 0 bridgehead atoms. The van der Waals surface area contributed by atoms with Gasteiger partial charge in [-0.25, -0.2) is 18.6 Å². The van der Waals surface area contributed by atoms with Gasteiger partial charge < -0.3 is 28.8 Å². The molecule has 0 rings (SSSR count). The van der Waals surface area contributed by atoms with Crippen LogP contribution in [0.2, 0.25) is 0 Å². The van der Waals surface area contributed by atoms with E-state index in [-0.39, 0.29) is 77.1 Å². The minimum absolute atomic E-state index is 0. The maximum Gasteiger partial charge on any atom is 1.00 e. The number of carbonyl (C=O) groups excluding carboxylic acids is 3. The predicted molar refractivity (Wildman–Crippen MR) is 109 cm³/mol. The Hall–Kier alpha value is -0.644. The number of alkyl carbamates (subject to hydrolysis) is 1. The van der Waals surface area contributed by atoms with Gasteiger partial charge in [0, 0.05) is 18.8 Å². The third kappa shape index (κ3) is 16.9. The number of ether oxygens (including phenoxy) is 4. The van der Waals surface area contributed by atoms with Crippen LogP contribution in [0, 0.1) is 5.92 Å². The number of carbonyl (C=O) groups is 3. The molecular formula is C19H30KNO10S. The molecule has 0 aliphatic heterocycles. The van der Waals surface area contributed by atoms with E-state index in [1.165, 1.54) is 6.92 Å². The average Bonchev–Trinajstić information content (AvgIpc) is 2.73. The Morgan fingerprint density at radius 3 is 2.06 bits per heavy atom. The van der Waals surface area contributed by atoms with Gasteiger partial charge in [-0.15, -0.1) is 0 Å². The van der Waals surface area contributed by atoms with Crippen molar-refractivity contribution in [2.45, 2.75) is 38.8 Å². The van der Waals surface area contributed by atoms with Crippen LogP contribution in [0.3, 0.4) is 0 Å². The Labute approximate surface area is 233 Å². The van der Waals surface area contributed by atoms with E-state index in [1.807, 2.05) is 13.8 Å². The molecule has 0 saturated heterocycles. The minimum atomic E-state index is -2.81. The van der Waals surface area contributed by atoms with E-state index < -0.39 is 47.6 Å². The summed E-state index contributed by atoms with van der Waals surface area (Å²) in [6, 6.07) is 0. The van der Waals surface area contributed by atoms with Crippen LogP contribution < -0.4 is 56.7 Å². The molecule has 0 saturated carbocycles. The molecule has 0 heterocycles. The molecule has 0 aliphatic rings. The van der Waals surface area contributed by atoms with Crippen LogP contribution in [0.5, 0.6) is 0 Å². The molecule has 1 amide bonds. The smallest absolute Gasteiger partial charge is 0.750 e. The van der Waals surface area contributed by atoms with E-state index >= 15 is 0 Å². The number of hydrogen-bond donors (Lipinski definition) is 1. The summed E-state index contributed by atoms with van der Waals surface area (Å²) in [6.07, 6.45) is 0.694. The van der Waals surface area contributed by atoms with Gasteiger partial charge in [0.1, 0.15) is 25.4 Å². The Balaban J connectivity index is 0. The molecule has 32 heavy (non-hydrogen) atoms. The summed E-state index contributed by atoms with van der Waals surface area (Å²) in [5.74, 6) is -1.25. The van der Waals surface area contributed by atoms with Gasteiger partial charge in [-0.1, -0.05) is 33.4 Å². The molecule has 0 spiro atoms. The molecular weight excluding hydrogens is 473 g/mol. The van der Waals surface area contributed by atoms with Gasteiger partial charge in [0.25, 0.3) is 0 Å². The van der Waals surface area contributed by atoms with Crippen molar-refractivity contribution in [3.8, 4) is 0 Å². The minimum Gasteiger partial charge on any atom is -0.750 e. The van der Waals surface area contributed by atoms with Crippen molar-refractivity contribution in [2.75, 3.05) is 33.0 Å². The molecule has 0 aromatic heterocycles. The number of rotatable bonds is 16. The maximum atomic E-state index is 12.4. The second kappa shape index (κ2) is 18.7. The fraction of sp³-hybridized carbons (Fsp3) is 0.632. The molecule has 13 heteroatoms. The molecule has 0 radical (unpaired) electrons. The first kappa shape index (κ1) is 33.5. The van der Waals surface area contributed by atoms with Gasteiger partial charge >= 0.3 is 69.4 Å². The SMILES string of the molecule is C=CC(=O)OCC(C)(COC(=O)C=C)NC(=O)OC(COCC(C)CC)COS(=O)[O-].[K+]. The molecule has 0 aromatic rings. The van der Waals surface area contributed by atoms with Gasteiger partial charge in [0.2, 0.25) is 0 Å². The number of amides is 1. The first-order valence-electron chi connectivity index (χ1n) is 9.42. The molecule has 0 aromatic carbocycles. The first-order valence-corrected chi connectivity index (χ1v) is 10.4. The quantitative estimate of drug-likeness (QED) is 0.0838. The van der Waals surface area contributed by atoms with Crippen LogP contribution in [0.25, 0.3) is 0 Å². The Kier molecular flexibility index (Phi) is 19.6. The van der Waals surface area contributed by atoms with E-state index in [9.17, 15) is 23.1 Å². The van der Waals surface area contributed by atoms with Crippen molar-refractivity contribution >= 4 is 29.4 Å². The van der Waals surface area contributed by atoms with E-state index in [1.54, 1.807) is 0 Å². The third-order valence-corrected chi connectivity index (χ3v) is 4.16. The summed E-state index contributed by atoms with van der Waals surface area (Å²) >= 11 is -2.81. The monoisotopic (exact) mass is 503 g/mol. The number of nitrogens with one attached hydrogen (secondary N) is 1. The van der Waals surface area contributed by atoms with Crippen molar-refractivity contribution in [2.24, 2.45) is 5.92 Å². The van der Waals surface area contributed by atoms with Crippen LogP contribution >= 0.6 is 0 Å². The molecule has 3 unspecified atom stereocenters. The first-order chi connectivity index (χ1) is 14.5. The average molecular weight is 504 g/mol. The van der Waals surface area contributed by atoms with Crippen molar-refractivity contribution in [1.29, 1.82) is 0 Å². The largest absolute Gasteiger partial charge is 1.00 e. The molecule has 3 atom stereocenters. The van der Waals surface area contributed by atoms with E-state index in [2.05, 4.69) is 22.7 Å². The van der Waals surface area contributed by atoms with E-state index in [4.69, 9.17) is 18.9 Å². The second-order valence-electron chi connectivity index (χ2n) is 6.88. The second-order valence-corrected chi connectivity index (χ2v) is 7.52. The molecule has 178 valence electrons. The van der Waals surface area contributed by atoms with E-state index in [0.717, 1.165) is 18.6 Å². The summed E-state index contributed by atoms with van der Waals surface area (Å²) in [7, 11) is 0. The third-order valence-electron chi connectivity index (χ3n) is 3.83. The van der Waals surface area contributed by atoms with Crippen LogP contribution in [-0.2, 0) is 44.1 Å². The van der Waals surface area contributed by atoms with Crippen molar-refractivity contribution < 1.29 is 97.7 Å². The fourth-order valence-corrected chi connectivity index (χ4v) is 2.15. The summed E-state index contributed by atoms with van der Waals surface area (Å²) in [5.41, 5.74) is -1.36. The zero-order chi connectivity index (χ0) is 23.9. The van der Waals surface area contributed by atoms with Crippen LogP contribution in [0.15, 0.2) is 25.3 Å². The maximum absolute atomic E-state index is 12.4. The van der Waals surface area contributed by atoms with Crippen molar-refractivity contribution in [3.05, 3.63) is 25.3 Å². The van der Waals surface area contributed by atoms with Crippen molar-refractivity contribution in [3.63, 3.8) is 0 Å². The normalized spacial score (nSPS) is 13.5. The molecule has 1 N–H and O–H groups in total. The van der Waals surface area contributed by atoms with Crippen LogP contribution in [0.4, 0.5) is 4.79 Å². The topological polar surface area (TPSA) is 150 Å². The summed E-state index contributed by atoms with van der Waals surface area (Å²) < 4.78 is 46.3. The molecule has 0 aliphatic carbocycles. The molecule has 11 nitrogen and oxygen atoms in total.